The van der Waals surface area contributed by atoms with Crippen LogP contribution in [-0.2, 0) is 18.6 Å². The summed E-state index contributed by atoms with van der Waals surface area (Å²) < 4.78 is 25.1. The zero-order valence-corrected chi connectivity index (χ0v) is 14.4. The van der Waals surface area contributed by atoms with Crippen LogP contribution in [0, 0.1) is 0 Å². The molecule has 160 valence electrons. The quantitative estimate of drug-likeness (QED) is 0.192. The van der Waals surface area contributed by atoms with Crippen molar-refractivity contribution < 1.29 is 69.2 Å². The summed E-state index contributed by atoms with van der Waals surface area (Å²) in [5.41, 5.74) is 0. The summed E-state index contributed by atoms with van der Waals surface area (Å²) in [6.45, 7) is -0.821. The van der Waals surface area contributed by atoms with E-state index in [0.717, 1.165) is 0 Å². The van der Waals surface area contributed by atoms with Gasteiger partial charge < -0.3 is 69.2 Å². The van der Waals surface area contributed by atoms with E-state index >= 15 is 0 Å². The van der Waals surface area contributed by atoms with E-state index in [9.17, 15) is 50.1 Å². The molecular weight excluding hydrogens is 399 g/mol. The average molecular weight is 420 g/mol. The third-order valence-electron chi connectivity index (χ3n) is 4.44. The highest BCUT2D eigenvalue weighted by Gasteiger charge is 2.53. The van der Waals surface area contributed by atoms with Crippen LogP contribution in [0.4, 0.5) is 0 Å². The van der Waals surface area contributed by atoms with Gasteiger partial charge in [-0.05, 0) is 0 Å². The Morgan fingerprint density at radius 1 is 0.778 bits per heavy atom. The first-order chi connectivity index (χ1) is 12.4. The molecule has 0 aromatic heterocycles. The zero-order chi connectivity index (χ0) is 20.7. The minimum absolute atomic E-state index is 0.821. The normalized spacial score (nSPS) is 49.2. The molecule has 8 N–H and O–H groups in total. The monoisotopic (exact) mass is 420 g/mol. The third-order valence-corrected chi connectivity index (χ3v) is 4.94. The van der Waals surface area contributed by atoms with E-state index in [2.05, 4.69) is 4.52 Å². The number of rotatable bonds is 5. The Labute approximate surface area is 152 Å². The van der Waals surface area contributed by atoms with Crippen molar-refractivity contribution in [2.75, 3.05) is 6.61 Å². The Bertz CT molecular complexity index is 540. The SMILES string of the molecule is O=P([O-])([O-])O[C@@H]1[C@H](O)[C@H](O)[C@@H](O)[C@H](O)[C@H]1OC1O[C@H](CO)[C@@H](O)[C@H](O)[C@@H]1O. The number of aliphatic hydroxyl groups is 8. The molecule has 1 saturated heterocycles. The number of hydrogen-bond acceptors (Lipinski definition) is 14. The van der Waals surface area contributed by atoms with Crippen LogP contribution in [0.3, 0.4) is 0 Å². The Morgan fingerprint density at radius 3 is 1.74 bits per heavy atom. The summed E-state index contributed by atoms with van der Waals surface area (Å²) in [4.78, 5) is 21.8. The summed E-state index contributed by atoms with van der Waals surface area (Å²) in [5, 5.41) is 77.8. The summed E-state index contributed by atoms with van der Waals surface area (Å²) >= 11 is 0. The Morgan fingerprint density at radius 2 is 1.26 bits per heavy atom. The maximum Gasteiger partial charge on any atom is 0.187 e. The molecule has 0 bridgehead atoms. The summed E-state index contributed by atoms with van der Waals surface area (Å²) in [5.74, 6) is 0. The summed E-state index contributed by atoms with van der Waals surface area (Å²) in [6, 6.07) is 0. The van der Waals surface area contributed by atoms with Crippen molar-refractivity contribution in [3.63, 3.8) is 0 Å². The Kier molecular flexibility index (Phi) is 7.33. The minimum atomic E-state index is -5.77. The van der Waals surface area contributed by atoms with Gasteiger partial charge in [0.05, 0.1) is 14.4 Å². The molecular formula is C12H21O14P-2. The molecule has 2 rings (SSSR count). The summed E-state index contributed by atoms with van der Waals surface area (Å²) in [7, 11) is -5.77. The van der Waals surface area contributed by atoms with Gasteiger partial charge in [0.25, 0.3) is 0 Å². The van der Waals surface area contributed by atoms with Crippen molar-refractivity contribution in [3.05, 3.63) is 0 Å². The van der Waals surface area contributed by atoms with Gasteiger partial charge in [0, 0.05) is 0 Å². The minimum Gasteiger partial charge on any atom is -0.790 e. The van der Waals surface area contributed by atoms with E-state index in [1.807, 2.05) is 0 Å². The molecule has 0 radical (unpaired) electrons. The van der Waals surface area contributed by atoms with Crippen LogP contribution in [0.5, 0.6) is 0 Å². The van der Waals surface area contributed by atoms with Crippen LogP contribution in [0.2, 0.25) is 0 Å². The molecule has 11 atom stereocenters. The topological polar surface area (TPSA) is 253 Å². The van der Waals surface area contributed by atoms with Gasteiger partial charge in [-0.3, -0.25) is 0 Å². The molecule has 0 spiro atoms. The van der Waals surface area contributed by atoms with Crippen molar-refractivity contribution in [1.82, 2.24) is 0 Å². The van der Waals surface area contributed by atoms with E-state index in [1.54, 1.807) is 0 Å². The Balaban J connectivity index is 2.27. The fourth-order valence-electron chi connectivity index (χ4n) is 2.95. The maximum atomic E-state index is 10.9. The van der Waals surface area contributed by atoms with Crippen LogP contribution >= 0.6 is 7.82 Å². The Hall–Kier alpha value is -0.290. The molecule has 1 aliphatic heterocycles. The van der Waals surface area contributed by atoms with E-state index in [0.29, 0.717) is 0 Å². The highest BCUT2D eigenvalue weighted by molar-refractivity contribution is 7.43. The molecule has 2 aliphatic rings. The van der Waals surface area contributed by atoms with Gasteiger partial charge in [-0.25, -0.2) is 0 Å². The largest absolute Gasteiger partial charge is 0.790 e. The van der Waals surface area contributed by atoms with Gasteiger partial charge in [0.2, 0.25) is 0 Å². The third kappa shape index (κ3) is 4.83. The van der Waals surface area contributed by atoms with Crippen LogP contribution in [0.1, 0.15) is 0 Å². The van der Waals surface area contributed by atoms with Crippen LogP contribution < -0.4 is 9.79 Å². The number of phosphoric acid groups is 1. The number of phosphoric ester groups is 1. The van der Waals surface area contributed by atoms with E-state index < -0.39 is 81.8 Å². The molecule has 0 aromatic carbocycles. The molecule has 0 aromatic rings. The lowest BCUT2D eigenvalue weighted by Gasteiger charge is -2.48. The van der Waals surface area contributed by atoms with Crippen molar-refractivity contribution in [2.24, 2.45) is 0 Å². The molecule has 1 aliphatic carbocycles. The first-order valence-corrected chi connectivity index (χ1v) is 9.23. The number of aliphatic hydroxyl groups excluding tert-OH is 8. The lowest BCUT2D eigenvalue weighted by molar-refractivity contribution is -0.366. The first kappa shape index (κ1) is 23.0. The predicted molar refractivity (Wildman–Crippen MR) is 75.1 cm³/mol. The van der Waals surface area contributed by atoms with Crippen molar-refractivity contribution in [3.8, 4) is 0 Å². The van der Waals surface area contributed by atoms with Gasteiger partial charge in [0.1, 0.15) is 61.0 Å². The van der Waals surface area contributed by atoms with Crippen LogP contribution in [0.15, 0.2) is 0 Å². The fourth-order valence-corrected chi connectivity index (χ4v) is 3.49. The number of ether oxygens (including phenoxy) is 2. The van der Waals surface area contributed by atoms with Gasteiger partial charge >= 0.3 is 0 Å². The van der Waals surface area contributed by atoms with E-state index in [1.165, 1.54) is 0 Å². The second-order valence-electron chi connectivity index (χ2n) is 6.28. The first-order valence-electron chi connectivity index (χ1n) is 7.77. The van der Waals surface area contributed by atoms with Crippen molar-refractivity contribution >= 4 is 7.82 Å². The van der Waals surface area contributed by atoms with Crippen molar-refractivity contribution in [2.45, 2.75) is 67.3 Å². The molecule has 1 saturated carbocycles. The highest BCUT2D eigenvalue weighted by Crippen LogP contribution is 2.37. The standard InChI is InChI=1S/C12H23O14P/c13-1-2-3(14)4(15)9(20)12(24-2)25-10-7(18)5(16)6(17)8(19)11(10)26-27(21,22)23/h2-20H,1H2,(H2,21,22,23)/p-2/t2-,3-,4+,5-,6-,7+,8-,9+,10-,11-,12?/m1/s1. The van der Waals surface area contributed by atoms with Gasteiger partial charge in [-0.1, -0.05) is 0 Å². The van der Waals surface area contributed by atoms with Gasteiger partial charge in [-0.2, -0.15) is 0 Å². The van der Waals surface area contributed by atoms with Crippen LogP contribution in [-0.4, -0.2) is 115 Å². The molecule has 15 heteroatoms. The lowest BCUT2D eigenvalue weighted by Crippen LogP contribution is -2.67. The lowest BCUT2D eigenvalue weighted by atomic mass is 9.84. The highest BCUT2D eigenvalue weighted by atomic mass is 31.2. The molecule has 1 heterocycles. The molecule has 1 unspecified atom stereocenters. The van der Waals surface area contributed by atoms with Gasteiger partial charge in [-0.15, -0.1) is 0 Å². The maximum absolute atomic E-state index is 10.9. The molecule has 14 nitrogen and oxygen atoms in total. The summed E-state index contributed by atoms with van der Waals surface area (Å²) in [6.07, 6.45) is -21.6. The predicted octanol–water partition coefficient (Wildman–Crippen LogP) is -7.16. The average Bonchev–Trinajstić information content (AvgIpc) is 2.60. The second kappa shape index (κ2) is 8.61. The van der Waals surface area contributed by atoms with E-state index in [4.69, 9.17) is 14.6 Å². The number of hydrogen-bond donors (Lipinski definition) is 8. The fraction of sp³-hybridized carbons (Fsp3) is 1.00. The smallest absolute Gasteiger partial charge is 0.187 e. The molecule has 2 fully saturated rings. The van der Waals surface area contributed by atoms with E-state index in [-0.39, 0.29) is 0 Å². The molecule has 0 amide bonds. The zero-order valence-electron chi connectivity index (χ0n) is 13.5. The van der Waals surface area contributed by atoms with Crippen LogP contribution in [0.25, 0.3) is 0 Å². The van der Waals surface area contributed by atoms with Crippen molar-refractivity contribution in [1.29, 1.82) is 0 Å². The van der Waals surface area contributed by atoms with Gasteiger partial charge in [0.15, 0.2) is 6.29 Å². The molecule has 27 heavy (non-hydrogen) atoms. The second-order valence-corrected chi connectivity index (χ2v) is 7.38.